The van der Waals surface area contributed by atoms with Crippen molar-refractivity contribution in [1.29, 1.82) is 0 Å². The predicted octanol–water partition coefficient (Wildman–Crippen LogP) is 3.76. The molecule has 0 aliphatic carbocycles. The quantitative estimate of drug-likeness (QED) is 0.499. The lowest BCUT2D eigenvalue weighted by molar-refractivity contribution is -0.141. The van der Waals surface area contributed by atoms with Gasteiger partial charge in [0.05, 0.1) is 31.2 Å². The minimum absolute atomic E-state index is 0.0392. The van der Waals surface area contributed by atoms with Crippen molar-refractivity contribution in [2.45, 2.75) is 19.4 Å². The highest BCUT2D eigenvalue weighted by Gasteiger charge is 2.46. The number of aliphatic carboxylic acids is 1. The number of carbonyl (C=O) groups is 3. The van der Waals surface area contributed by atoms with Gasteiger partial charge >= 0.3 is 5.97 Å². The Morgan fingerprint density at radius 1 is 1.00 bits per heavy atom. The van der Waals surface area contributed by atoms with Gasteiger partial charge in [-0.2, -0.15) is 0 Å². The van der Waals surface area contributed by atoms with Gasteiger partial charge in [-0.15, -0.1) is 0 Å². The molecule has 2 amide bonds. The molecule has 2 rings (SSSR count). The van der Waals surface area contributed by atoms with E-state index in [1.807, 2.05) is 0 Å². The van der Waals surface area contributed by atoms with Crippen molar-refractivity contribution in [2.24, 2.45) is 0 Å². The maximum atomic E-state index is 12.3. The molecule has 9 heteroatoms. The third kappa shape index (κ3) is 2.28. The number of carbonyl (C=O) groups excluding carboxylic acids is 2. The van der Waals surface area contributed by atoms with Crippen LogP contribution in [0.3, 0.4) is 0 Å². The zero-order valence-corrected chi connectivity index (χ0v) is 13.4. The maximum absolute atomic E-state index is 12.3. The largest absolute Gasteiger partial charge is 0.480 e. The summed E-state index contributed by atoms with van der Waals surface area (Å²) in [6.07, 6.45) is 0.0392. The third-order valence-corrected chi connectivity index (χ3v) is 4.92. The summed E-state index contributed by atoms with van der Waals surface area (Å²) in [6.45, 7) is 1.53. The van der Waals surface area contributed by atoms with Gasteiger partial charge in [0.2, 0.25) is 0 Å². The fraction of sp³-hybridized carbons (Fsp3) is 0.250. The average molecular weight is 371 g/mol. The fourth-order valence-corrected chi connectivity index (χ4v) is 3.13. The average Bonchev–Trinajstić information content (AvgIpc) is 2.68. The van der Waals surface area contributed by atoms with Gasteiger partial charge in [0.25, 0.3) is 11.8 Å². The van der Waals surface area contributed by atoms with Crippen molar-refractivity contribution in [3.05, 3.63) is 31.2 Å². The van der Waals surface area contributed by atoms with E-state index >= 15 is 0 Å². The highest BCUT2D eigenvalue weighted by atomic mass is 35.5. The summed E-state index contributed by atoms with van der Waals surface area (Å²) >= 11 is 23.6. The molecule has 1 N–H and O–H groups in total. The SMILES string of the molecule is CCC(C(=O)O)N1C(=O)c2c(Cl)c(Cl)c(Cl)c(Cl)c2C1=O. The first-order valence-corrected chi connectivity index (χ1v) is 7.21. The number of amides is 2. The van der Waals surface area contributed by atoms with E-state index in [9.17, 15) is 14.4 Å². The molecule has 1 unspecified atom stereocenters. The molecule has 1 aliphatic rings. The van der Waals surface area contributed by atoms with Crippen LogP contribution in [0.15, 0.2) is 0 Å². The molecule has 0 bridgehead atoms. The van der Waals surface area contributed by atoms with Crippen LogP contribution in [0.2, 0.25) is 20.1 Å². The highest BCUT2D eigenvalue weighted by molar-refractivity contribution is 6.55. The van der Waals surface area contributed by atoms with Gasteiger partial charge in [-0.3, -0.25) is 14.5 Å². The number of imide groups is 1. The number of hydrogen-bond donors (Lipinski definition) is 1. The second-order valence-electron chi connectivity index (χ2n) is 4.25. The van der Waals surface area contributed by atoms with Crippen molar-refractivity contribution in [3.63, 3.8) is 0 Å². The molecular weight excluding hydrogens is 364 g/mol. The van der Waals surface area contributed by atoms with Crippen LogP contribution in [-0.4, -0.2) is 33.8 Å². The van der Waals surface area contributed by atoms with Crippen LogP contribution < -0.4 is 0 Å². The molecule has 1 aliphatic heterocycles. The van der Waals surface area contributed by atoms with Crippen LogP contribution in [-0.2, 0) is 4.79 Å². The lowest BCUT2D eigenvalue weighted by Gasteiger charge is -2.20. The lowest BCUT2D eigenvalue weighted by Crippen LogP contribution is -2.44. The van der Waals surface area contributed by atoms with Crippen LogP contribution in [0.5, 0.6) is 0 Å². The minimum Gasteiger partial charge on any atom is -0.480 e. The minimum atomic E-state index is -1.32. The Labute approximate surface area is 139 Å². The van der Waals surface area contributed by atoms with Gasteiger partial charge < -0.3 is 5.11 Å². The van der Waals surface area contributed by atoms with E-state index in [-0.39, 0.29) is 37.6 Å². The molecule has 1 atom stereocenters. The molecule has 5 nitrogen and oxygen atoms in total. The van der Waals surface area contributed by atoms with E-state index in [1.54, 1.807) is 0 Å². The molecule has 1 heterocycles. The number of hydrogen-bond acceptors (Lipinski definition) is 3. The topological polar surface area (TPSA) is 74.7 Å². The predicted molar refractivity (Wildman–Crippen MR) is 78.7 cm³/mol. The first-order chi connectivity index (χ1) is 9.73. The van der Waals surface area contributed by atoms with Crippen molar-refractivity contribution < 1.29 is 19.5 Å². The number of carboxylic acids is 1. The van der Waals surface area contributed by atoms with Crippen molar-refractivity contribution in [3.8, 4) is 0 Å². The van der Waals surface area contributed by atoms with E-state index in [4.69, 9.17) is 51.5 Å². The van der Waals surface area contributed by atoms with E-state index in [0.717, 1.165) is 0 Å². The third-order valence-electron chi connectivity index (χ3n) is 3.12. The lowest BCUT2D eigenvalue weighted by atomic mass is 10.1. The van der Waals surface area contributed by atoms with Gasteiger partial charge in [0.15, 0.2) is 0 Å². The highest BCUT2D eigenvalue weighted by Crippen LogP contribution is 2.45. The summed E-state index contributed by atoms with van der Waals surface area (Å²) in [5.41, 5.74) is -0.443. The molecule has 112 valence electrons. The second-order valence-corrected chi connectivity index (χ2v) is 5.76. The Hall–Kier alpha value is -1.01. The first kappa shape index (κ1) is 16.4. The number of nitrogens with zero attached hydrogens (tertiary/aromatic N) is 1. The smallest absolute Gasteiger partial charge is 0.326 e. The molecular formula is C12H7Cl4NO4. The molecule has 21 heavy (non-hydrogen) atoms. The maximum Gasteiger partial charge on any atom is 0.326 e. The Bertz CT molecular complexity index is 642. The van der Waals surface area contributed by atoms with E-state index in [1.165, 1.54) is 6.92 Å². The molecule has 0 radical (unpaired) electrons. The van der Waals surface area contributed by atoms with Crippen LogP contribution in [0.25, 0.3) is 0 Å². The Balaban J connectivity index is 2.71. The van der Waals surface area contributed by atoms with E-state index in [0.29, 0.717) is 4.90 Å². The molecule has 0 saturated heterocycles. The number of carboxylic acid groups (broad SMARTS) is 1. The Morgan fingerprint density at radius 2 is 1.38 bits per heavy atom. The van der Waals surface area contributed by atoms with Crippen LogP contribution in [0.4, 0.5) is 0 Å². The number of benzene rings is 1. The summed E-state index contributed by atoms with van der Waals surface area (Å²) in [4.78, 5) is 36.5. The van der Waals surface area contributed by atoms with E-state index < -0.39 is 23.8 Å². The van der Waals surface area contributed by atoms with Crippen LogP contribution >= 0.6 is 46.4 Å². The van der Waals surface area contributed by atoms with Gasteiger partial charge in [0, 0.05) is 0 Å². The summed E-state index contributed by atoms with van der Waals surface area (Å²) in [5.74, 6) is -3.01. The van der Waals surface area contributed by atoms with E-state index in [2.05, 4.69) is 0 Å². The van der Waals surface area contributed by atoms with Gasteiger partial charge in [-0.1, -0.05) is 53.3 Å². The van der Waals surface area contributed by atoms with Crippen molar-refractivity contribution in [2.75, 3.05) is 0 Å². The summed E-state index contributed by atoms with van der Waals surface area (Å²) in [6, 6.07) is -1.32. The first-order valence-electron chi connectivity index (χ1n) is 5.70. The fourth-order valence-electron chi connectivity index (χ4n) is 2.12. The van der Waals surface area contributed by atoms with Gasteiger partial charge in [-0.05, 0) is 6.42 Å². The summed E-state index contributed by atoms with van der Waals surface area (Å²) < 4.78 is 0. The summed E-state index contributed by atoms with van der Waals surface area (Å²) in [7, 11) is 0. The van der Waals surface area contributed by atoms with Crippen molar-refractivity contribution in [1.82, 2.24) is 4.90 Å². The Kier molecular flexibility index (Phi) is 4.40. The molecule has 0 spiro atoms. The zero-order valence-electron chi connectivity index (χ0n) is 10.4. The van der Waals surface area contributed by atoms with Gasteiger partial charge in [-0.25, -0.2) is 4.79 Å². The molecule has 0 saturated carbocycles. The monoisotopic (exact) mass is 369 g/mol. The Morgan fingerprint density at radius 3 is 1.67 bits per heavy atom. The van der Waals surface area contributed by atoms with Crippen LogP contribution in [0.1, 0.15) is 34.1 Å². The zero-order chi connectivity index (χ0) is 16.1. The molecule has 1 aromatic rings. The summed E-state index contributed by atoms with van der Waals surface area (Å²) in [5, 5.41) is 8.37. The molecule has 1 aromatic carbocycles. The molecule has 0 aromatic heterocycles. The van der Waals surface area contributed by atoms with Crippen molar-refractivity contribution >= 4 is 64.2 Å². The second kappa shape index (κ2) is 5.65. The number of rotatable bonds is 3. The number of fused-ring (bicyclic) bond motifs is 1. The van der Waals surface area contributed by atoms with Gasteiger partial charge in [0.1, 0.15) is 6.04 Å². The normalized spacial score (nSPS) is 15.4. The number of halogens is 4. The van der Waals surface area contributed by atoms with Crippen LogP contribution in [0, 0.1) is 0 Å². The standard InChI is InChI=1S/C12H7Cl4NO4/c1-2-3(12(20)21)17-10(18)4-5(11(17)19)7(14)9(16)8(15)6(4)13/h3H,2H2,1H3,(H,20,21). The molecule has 0 fully saturated rings.